The van der Waals surface area contributed by atoms with Gasteiger partial charge >= 0.3 is 0 Å². The predicted molar refractivity (Wildman–Crippen MR) is 106 cm³/mol. The summed E-state index contributed by atoms with van der Waals surface area (Å²) >= 11 is 0. The summed E-state index contributed by atoms with van der Waals surface area (Å²) in [7, 11) is 0. The third-order valence-electron chi connectivity index (χ3n) is 5.26. The van der Waals surface area contributed by atoms with Crippen molar-refractivity contribution < 1.29 is 14.3 Å². The molecule has 0 aromatic heterocycles. The Bertz CT molecular complexity index is 775. The Hall–Kier alpha value is -2.62. The lowest BCUT2D eigenvalue weighted by atomic mass is 9.97. The van der Waals surface area contributed by atoms with E-state index in [1.54, 1.807) is 43.3 Å². The molecule has 3 rings (SSSR count). The van der Waals surface area contributed by atoms with Gasteiger partial charge < -0.3 is 9.64 Å². The van der Waals surface area contributed by atoms with Crippen LogP contribution in [0.25, 0.3) is 0 Å². The van der Waals surface area contributed by atoms with Crippen LogP contribution < -0.4 is 4.74 Å². The summed E-state index contributed by atoms with van der Waals surface area (Å²) in [4.78, 5) is 27.3. The molecule has 1 amide bonds. The van der Waals surface area contributed by atoms with Gasteiger partial charge in [0.2, 0.25) is 0 Å². The SMILES string of the molecule is C[C@@H]1CCC[C@H](C)N1C(=O)[C@@H](C)Oc1ccc(C(=O)c2ccccc2)cc1. The molecule has 1 fully saturated rings. The maximum atomic E-state index is 12.8. The number of ether oxygens (including phenoxy) is 1. The Morgan fingerprint density at radius 3 is 2.07 bits per heavy atom. The number of piperidine rings is 1. The first-order valence-electron chi connectivity index (χ1n) is 9.66. The summed E-state index contributed by atoms with van der Waals surface area (Å²) in [5.74, 6) is 0.596. The van der Waals surface area contributed by atoms with Crippen LogP contribution in [0.1, 0.15) is 56.0 Å². The van der Waals surface area contributed by atoms with Crippen LogP contribution in [0.4, 0.5) is 0 Å². The number of benzene rings is 2. The molecule has 0 spiro atoms. The van der Waals surface area contributed by atoms with Crippen LogP contribution >= 0.6 is 0 Å². The number of carbonyl (C=O) groups is 2. The topological polar surface area (TPSA) is 46.6 Å². The normalized spacial score (nSPS) is 20.8. The minimum atomic E-state index is -0.552. The molecule has 4 nitrogen and oxygen atoms in total. The molecule has 0 aliphatic carbocycles. The van der Waals surface area contributed by atoms with Gasteiger partial charge in [-0.3, -0.25) is 9.59 Å². The fourth-order valence-electron chi connectivity index (χ4n) is 3.76. The van der Waals surface area contributed by atoms with Crippen LogP contribution in [0.2, 0.25) is 0 Å². The van der Waals surface area contributed by atoms with E-state index in [9.17, 15) is 9.59 Å². The Labute approximate surface area is 161 Å². The molecule has 1 aliphatic heterocycles. The highest BCUT2D eigenvalue weighted by molar-refractivity contribution is 6.08. The molecular weight excluding hydrogens is 338 g/mol. The van der Waals surface area contributed by atoms with Crippen molar-refractivity contribution in [3.63, 3.8) is 0 Å². The van der Waals surface area contributed by atoms with Crippen LogP contribution in [0.5, 0.6) is 5.75 Å². The van der Waals surface area contributed by atoms with Crippen molar-refractivity contribution in [3.05, 3.63) is 65.7 Å². The van der Waals surface area contributed by atoms with E-state index in [2.05, 4.69) is 13.8 Å². The molecule has 0 radical (unpaired) electrons. The van der Waals surface area contributed by atoms with Gasteiger partial charge in [0.15, 0.2) is 11.9 Å². The zero-order valence-electron chi connectivity index (χ0n) is 16.2. The second kappa shape index (κ2) is 8.38. The van der Waals surface area contributed by atoms with Crippen LogP contribution in [0, 0.1) is 0 Å². The summed E-state index contributed by atoms with van der Waals surface area (Å²) in [6.07, 6.45) is 2.69. The predicted octanol–water partition coefficient (Wildman–Crippen LogP) is 4.47. The quantitative estimate of drug-likeness (QED) is 0.734. The molecule has 0 unspecified atom stereocenters. The molecule has 1 saturated heterocycles. The third-order valence-corrected chi connectivity index (χ3v) is 5.26. The van der Waals surface area contributed by atoms with Crippen LogP contribution in [-0.4, -0.2) is 34.8 Å². The third kappa shape index (κ3) is 4.38. The van der Waals surface area contributed by atoms with E-state index in [1.807, 2.05) is 23.1 Å². The Morgan fingerprint density at radius 2 is 1.48 bits per heavy atom. The molecule has 0 N–H and O–H groups in total. The number of likely N-dealkylation sites (tertiary alicyclic amines) is 1. The molecular formula is C23H27NO3. The first kappa shape index (κ1) is 19.2. The zero-order chi connectivity index (χ0) is 19.4. The highest BCUT2D eigenvalue weighted by Gasteiger charge is 2.32. The molecule has 142 valence electrons. The van der Waals surface area contributed by atoms with Crippen molar-refractivity contribution in [1.82, 2.24) is 4.90 Å². The van der Waals surface area contributed by atoms with E-state index in [1.165, 1.54) is 0 Å². The Balaban J connectivity index is 1.65. The lowest BCUT2D eigenvalue weighted by Crippen LogP contribution is -2.51. The number of hydrogen-bond donors (Lipinski definition) is 0. The van der Waals surface area contributed by atoms with Gasteiger partial charge in [0.05, 0.1) is 0 Å². The zero-order valence-corrected chi connectivity index (χ0v) is 16.2. The van der Waals surface area contributed by atoms with E-state index in [-0.39, 0.29) is 23.8 Å². The molecule has 27 heavy (non-hydrogen) atoms. The number of carbonyl (C=O) groups excluding carboxylic acids is 2. The van der Waals surface area contributed by atoms with Crippen LogP contribution in [0.15, 0.2) is 54.6 Å². The second-order valence-corrected chi connectivity index (χ2v) is 7.35. The van der Waals surface area contributed by atoms with Gasteiger partial charge in [-0.1, -0.05) is 30.3 Å². The minimum Gasteiger partial charge on any atom is -0.481 e. The van der Waals surface area contributed by atoms with Gasteiger partial charge in [-0.05, 0) is 64.3 Å². The summed E-state index contributed by atoms with van der Waals surface area (Å²) in [5, 5.41) is 0. The summed E-state index contributed by atoms with van der Waals surface area (Å²) in [6.45, 7) is 5.99. The lowest BCUT2D eigenvalue weighted by Gasteiger charge is -2.40. The van der Waals surface area contributed by atoms with Crippen molar-refractivity contribution in [2.45, 2.75) is 58.2 Å². The fraction of sp³-hybridized carbons (Fsp3) is 0.391. The number of nitrogens with zero attached hydrogens (tertiary/aromatic N) is 1. The average molecular weight is 365 g/mol. The van der Waals surface area contributed by atoms with Crippen LogP contribution in [-0.2, 0) is 4.79 Å². The minimum absolute atomic E-state index is 0.0257. The number of rotatable bonds is 5. The molecule has 3 atom stereocenters. The van der Waals surface area contributed by atoms with Crippen molar-refractivity contribution in [2.75, 3.05) is 0 Å². The van der Waals surface area contributed by atoms with Gasteiger partial charge in [-0.15, -0.1) is 0 Å². The maximum absolute atomic E-state index is 12.8. The molecule has 0 saturated carbocycles. The molecule has 2 aromatic rings. The van der Waals surface area contributed by atoms with E-state index in [4.69, 9.17) is 4.74 Å². The van der Waals surface area contributed by atoms with Crippen molar-refractivity contribution in [2.24, 2.45) is 0 Å². The van der Waals surface area contributed by atoms with Gasteiger partial charge in [0.1, 0.15) is 5.75 Å². The summed E-state index contributed by atoms with van der Waals surface area (Å²) in [6, 6.07) is 16.7. The first-order chi connectivity index (χ1) is 13.0. The smallest absolute Gasteiger partial charge is 0.263 e. The maximum Gasteiger partial charge on any atom is 0.263 e. The van der Waals surface area contributed by atoms with E-state index < -0.39 is 6.10 Å². The number of amides is 1. The highest BCUT2D eigenvalue weighted by Crippen LogP contribution is 2.24. The van der Waals surface area contributed by atoms with E-state index in [0.29, 0.717) is 16.9 Å². The van der Waals surface area contributed by atoms with E-state index >= 15 is 0 Å². The largest absolute Gasteiger partial charge is 0.481 e. The average Bonchev–Trinajstić information content (AvgIpc) is 2.68. The monoisotopic (exact) mass is 365 g/mol. The molecule has 0 bridgehead atoms. The number of hydrogen-bond acceptors (Lipinski definition) is 3. The fourth-order valence-corrected chi connectivity index (χ4v) is 3.76. The lowest BCUT2D eigenvalue weighted by molar-refractivity contribution is -0.144. The summed E-state index contributed by atoms with van der Waals surface area (Å²) in [5.41, 5.74) is 1.26. The highest BCUT2D eigenvalue weighted by atomic mass is 16.5. The molecule has 1 aliphatic rings. The molecule has 2 aromatic carbocycles. The van der Waals surface area contributed by atoms with Gasteiger partial charge in [-0.2, -0.15) is 0 Å². The molecule has 4 heteroatoms. The van der Waals surface area contributed by atoms with Crippen molar-refractivity contribution in [1.29, 1.82) is 0 Å². The van der Waals surface area contributed by atoms with Gasteiger partial charge in [0.25, 0.3) is 5.91 Å². The van der Waals surface area contributed by atoms with Gasteiger partial charge in [0, 0.05) is 23.2 Å². The standard InChI is InChI=1S/C23H27NO3/c1-16-8-7-9-17(2)24(16)23(26)18(3)27-21-14-12-20(13-15-21)22(25)19-10-5-4-6-11-19/h4-6,10-18H,7-9H2,1-3H3/t16-,17+,18-/m1/s1. The van der Waals surface area contributed by atoms with Crippen molar-refractivity contribution in [3.8, 4) is 5.75 Å². The summed E-state index contributed by atoms with van der Waals surface area (Å²) < 4.78 is 5.86. The number of ketones is 1. The van der Waals surface area contributed by atoms with Gasteiger partial charge in [-0.25, -0.2) is 0 Å². The van der Waals surface area contributed by atoms with Crippen molar-refractivity contribution >= 4 is 11.7 Å². The van der Waals surface area contributed by atoms with Crippen LogP contribution in [0.3, 0.4) is 0 Å². The second-order valence-electron chi connectivity index (χ2n) is 7.35. The first-order valence-corrected chi connectivity index (χ1v) is 9.66. The Kier molecular flexibility index (Phi) is 5.94. The van der Waals surface area contributed by atoms with E-state index in [0.717, 1.165) is 19.3 Å². The molecule has 1 heterocycles. The Morgan fingerprint density at radius 1 is 0.926 bits per heavy atom.